The van der Waals surface area contributed by atoms with Gasteiger partial charge >= 0.3 is 0 Å². The van der Waals surface area contributed by atoms with Crippen LogP contribution in [-0.4, -0.2) is 30.8 Å². The molecule has 1 rings (SSSR count). The maximum atomic E-state index is 11.9. The number of carbonyl (C=O) groups excluding carboxylic acids is 1. The maximum absolute atomic E-state index is 11.9. The van der Waals surface area contributed by atoms with Crippen LogP contribution in [0.4, 0.5) is 0 Å². The minimum absolute atomic E-state index is 0.0369. The van der Waals surface area contributed by atoms with Gasteiger partial charge in [-0.25, -0.2) is 5.48 Å². The van der Waals surface area contributed by atoms with Crippen molar-refractivity contribution >= 4 is 5.91 Å². The maximum Gasteiger partial charge on any atom is 0.264 e. The molecule has 5 heteroatoms. The zero-order valence-corrected chi connectivity index (χ0v) is 10.5. The van der Waals surface area contributed by atoms with Crippen LogP contribution in [0, 0.1) is 5.41 Å². The summed E-state index contributed by atoms with van der Waals surface area (Å²) < 4.78 is 5.54. The molecular formula is C11H22N2O3. The number of nitrogens with two attached hydrogens (primary N) is 1. The van der Waals surface area contributed by atoms with Crippen LogP contribution in [-0.2, 0) is 14.4 Å². The Morgan fingerprint density at radius 1 is 1.44 bits per heavy atom. The zero-order chi connectivity index (χ0) is 12.4. The molecule has 0 saturated heterocycles. The third-order valence-corrected chi connectivity index (χ3v) is 3.54. The summed E-state index contributed by atoms with van der Waals surface area (Å²) in [6.45, 7) is 8.70. The lowest BCUT2D eigenvalue weighted by atomic mass is 9.54. The average Bonchev–Trinajstić information content (AvgIpc) is 2.25. The minimum atomic E-state index is -0.901. The summed E-state index contributed by atoms with van der Waals surface area (Å²) in [6, 6.07) is 0. The predicted molar refractivity (Wildman–Crippen MR) is 60.5 cm³/mol. The van der Waals surface area contributed by atoms with Gasteiger partial charge in [0.2, 0.25) is 0 Å². The summed E-state index contributed by atoms with van der Waals surface area (Å²) in [5.74, 6) is -0.268. The summed E-state index contributed by atoms with van der Waals surface area (Å²) in [5, 5.41) is 0. The Balaban J connectivity index is 2.63. The SMILES string of the molecule is CCONC(=O)C1(N)CC(OCC)C1(C)C. The molecule has 0 aliphatic heterocycles. The number of hydrogen-bond donors (Lipinski definition) is 2. The minimum Gasteiger partial charge on any atom is -0.378 e. The first-order valence-corrected chi connectivity index (χ1v) is 5.72. The van der Waals surface area contributed by atoms with Gasteiger partial charge in [-0.1, -0.05) is 13.8 Å². The molecule has 0 bridgehead atoms. The zero-order valence-electron chi connectivity index (χ0n) is 10.5. The molecule has 0 aromatic rings. The molecule has 2 unspecified atom stereocenters. The van der Waals surface area contributed by atoms with Crippen LogP contribution in [0.15, 0.2) is 0 Å². The van der Waals surface area contributed by atoms with E-state index in [4.69, 9.17) is 15.3 Å². The normalized spacial score (nSPS) is 31.9. The average molecular weight is 230 g/mol. The van der Waals surface area contributed by atoms with Crippen LogP contribution in [0.2, 0.25) is 0 Å². The molecule has 2 atom stereocenters. The molecule has 16 heavy (non-hydrogen) atoms. The molecule has 0 aromatic carbocycles. The Hall–Kier alpha value is -0.650. The van der Waals surface area contributed by atoms with Crippen molar-refractivity contribution in [1.29, 1.82) is 0 Å². The van der Waals surface area contributed by atoms with Gasteiger partial charge < -0.3 is 10.5 Å². The molecule has 1 fully saturated rings. The fourth-order valence-corrected chi connectivity index (χ4v) is 2.05. The van der Waals surface area contributed by atoms with Crippen LogP contribution in [0.25, 0.3) is 0 Å². The lowest BCUT2D eigenvalue weighted by molar-refractivity contribution is -0.179. The topological polar surface area (TPSA) is 73.6 Å². The van der Waals surface area contributed by atoms with E-state index in [-0.39, 0.29) is 17.4 Å². The Labute approximate surface area is 96.6 Å². The first-order valence-electron chi connectivity index (χ1n) is 5.72. The number of hydrogen-bond acceptors (Lipinski definition) is 4. The van der Waals surface area contributed by atoms with Crippen LogP contribution in [0.3, 0.4) is 0 Å². The van der Waals surface area contributed by atoms with Gasteiger partial charge in [0.15, 0.2) is 0 Å². The Morgan fingerprint density at radius 2 is 2.06 bits per heavy atom. The number of nitrogens with one attached hydrogen (secondary N) is 1. The van der Waals surface area contributed by atoms with Crippen molar-refractivity contribution in [2.24, 2.45) is 11.1 Å². The van der Waals surface area contributed by atoms with Crippen LogP contribution in [0.1, 0.15) is 34.1 Å². The largest absolute Gasteiger partial charge is 0.378 e. The van der Waals surface area contributed by atoms with E-state index in [1.807, 2.05) is 20.8 Å². The lowest BCUT2D eigenvalue weighted by Crippen LogP contribution is -2.75. The van der Waals surface area contributed by atoms with E-state index in [2.05, 4.69) is 5.48 Å². The summed E-state index contributed by atoms with van der Waals surface area (Å²) >= 11 is 0. The van der Waals surface area contributed by atoms with Gasteiger partial charge in [0, 0.05) is 18.4 Å². The highest BCUT2D eigenvalue weighted by Crippen LogP contribution is 2.49. The van der Waals surface area contributed by atoms with Crippen molar-refractivity contribution < 1.29 is 14.4 Å². The summed E-state index contributed by atoms with van der Waals surface area (Å²) in [4.78, 5) is 16.7. The van der Waals surface area contributed by atoms with E-state index in [9.17, 15) is 4.79 Å². The summed E-state index contributed by atoms with van der Waals surface area (Å²) in [5.41, 5.74) is 7.22. The van der Waals surface area contributed by atoms with Gasteiger partial charge in [-0.05, 0) is 13.8 Å². The van der Waals surface area contributed by atoms with Gasteiger partial charge in [-0.2, -0.15) is 0 Å². The highest BCUT2D eigenvalue weighted by atomic mass is 16.6. The molecule has 1 amide bonds. The number of rotatable bonds is 5. The number of ether oxygens (including phenoxy) is 1. The Bertz CT molecular complexity index is 268. The van der Waals surface area contributed by atoms with Gasteiger partial charge in [-0.15, -0.1) is 0 Å². The van der Waals surface area contributed by atoms with Gasteiger partial charge in [-0.3, -0.25) is 9.63 Å². The van der Waals surface area contributed by atoms with Crippen LogP contribution in [0.5, 0.6) is 0 Å². The second kappa shape index (κ2) is 4.69. The number of carbonyl (C=O) groups is 1. The summed E-state index contributed by atoms with van der Waals surface area (Å²) in [6.07, 6.45) is 0.571. The molecule has 1 aliphatic carbocycles. The molecule has 1 aliphatic rings. The van der Waals surface area contributed by atoms with Gasteiger partial charge in [0.1, 0.15) is 5.54 Å². The molecular weight excluding hydrogens is 208 g/mol. The molecule has 1 saturated carbocycles. The van der Waals surface area contributed by atoms with Gasteiger partial charge in [0.25, 0.3) is 5.91 Å². The quantitative estimate of drug-likeness (QED) is 0.678. The third-order valence-electron chi connectivity index (χ3n) is 3.54. The highest BCUT2D eigenvalue weighted by Gasteiger charge is 2.63. The smallest absolute Gasteiger partial charge is 0.264 e. The lowest BCUT2D eigenvalue weighted by Gasteiger charge is -2.57. The van der Waals surface area contributed by atoms with E-state index in [0.29, 0.717) is 19.6 Å². The first-order chi connectivity index (χ1) is 7.40. The highest BCUT2D eigenvalue weighted by molar-refractivity contribution is 5.88. The summed E-state index contributed by atoms with van der Waals surface area (Å²) in [7, 11) is 0. The van der Waals surface area contributed by atoms with E-state index < -0.39 is 5.54 Å². The van der Waals surface area contributed by atoms with Crippen molar-refractivity contribution in [3.05, 3.63) is 0 Å². The molecule has 0 aromatic heterocycles. The first kappa shape index (κ1) is 13.4. The van der Waals surface area contributed by atoms with Crippen LogP contribution >= 0.6 is 0 Å². The molecule has 0 heterocycles. The molecule has 0 radical (unpaired) electrons. The second-order valence-electron chi connectivity index (χ2n) is 4.71. The van der Waals surface area contributed by atoms with Crippen molar-refractivity contribution in [3.8, 4) is 0 Å². The fourth-order valence-electron chi connectivity index (χ4n) is 2.05. The number of hydroxylamine groups is 1. The molecule has 0 spiro atoms. The number of amides is 1. The molecule has 94 valence electrons. The van der Waals surface area contributed by atoms with E-state index >= 15 is 0 Å². The van der Waals surface area contributed by atoms with Crippen LogP contribution < -0.4 is 11.2 Å². The molecule has 5 nitrogen and oxygen atoms in total. The predicted octanol–water partition coefficient (Wildman–Crippen LogP) is 0.587. The van der Waals surface area contributed by atoms with E-state index in [1.54, 1.807) is 6.92 Å². The standard InChI is InChI=1S/C11H22N2O3/c1-5-15-8-7-11(12,10(8,3)4)9(14)13-16-6-2/h8H,5-7,12H2,1-4H3,(H,13,14). The Kier molecular flexibility index (Phi) is 3.93. The monoisotopic (exact) mass is 230 g/mol. The molecule has 3 N–H and O–H groups in total. The van der Waals surface area contributed by atoms with Crippen molar-refractivity contribution in [1.82, 2.24) is 5.48 Å². The third kappa shape index (κ3) is 1.95. The van der Waals surface area contributed by atoms with Crippen molar-refractivity contribution in [3.63, 3.8) is 0 Å². The Morgan fingerprint density at radius 3 is 2.50 bits per heavy atom. The van der Waals surface area contributed by atoms with Gasteiger partial charge in [0.05, 0.1) is 12.7 Å². The van der Waals surface area contributed by atoms with E-state index in [1.165, 1.54) is 0 Å². The fraction of sp³-hybridized carbons (Fsp3) is 0.909. The van der Waals surface area contributed by atoms with E-state index in [0.717, 1.165) is 0 Å². The van der Waals surface area contributed by atoms with Crippen molar-refractivity contribution in [2.75, 3.05) is 13.2 Å². The van der Waals surface area contributed by atoms with Crippen molar-refractivity contribution in [2.45, 2.75) is 45.8 Å². The second-order valence-corrected chi connectivity index (χ2v) is 4.71.